The molecule has 0 aliphatic rings. The molecule has 0 spiro atoms. The van der Waals surface area contributed by atoms with E-state index in [0.717, 1.165) is 11.1 Å². The molecule has 0 fully saturated rings. The molecule has 0 aromatic carbocycles. The van der Waals surface area contributed by atoms with Gasteiger partial charge in [-0.1, -0.05) is 126 Å². The second kappa shape index (κ2) is 20.5. The topological polar surface area (TPSA) is 40.1 Å². The van der Waals surface area contributed by atoms with Crippen LogP contribution >= 0.6 is 0 Å². The Bertz CT molecular complexity index is 909. The first-order valence-corrected chi connectivity index (χ1v) is 10.3. The van der Waals surface area contributed by atoms with Crippen LogP contribution in [-0.4, -0.2) is 5.97 Å². The number of allylic oxidation sites excluding steroid dienone is 21. The van der Waals surface area contributed by atoms with E-state index >= 15 is 0 Å². The van der Waals surface area contributed by atoms with Crippen molar-refractivity contribution in [1.29, 1.82) is 0 Å². The Labute approximate surface area is 217 Å². The Morgan fingerprint density at radius 2 is 0.875 bits per heavy atom. The molecule has 3 heteroatoms. The van der Waals surface area contributed by atoms with Crippen LogP contribution in [0.3, 0.4) is 0 Å². The molecule has 0 saturated carbocycles. The number of carbonyl (C=O) groups is 1. The molecule has 0 aromatic heterocycles. The van der Waals surface area contributed by atoms with Gasteiger partial charge in [0, 0.05) is 0 Å². The molecule has 0 bridgehead atoms. The summed E-state index contributed by atoms with van der Waals surface area (Å²) in [4.78, 5) is 10.6. The summed E-state index contributed by atoms with van der Waals surface area (Å²) in [7, 11) is 0. The zero-order valence-electron chi connectivity index (χ0n) is 20.6. The molecule has 32 heavy (non-hydrogen) atoms. The van der Waals surface area contributed by atoms with E-state index in [-0.39, 0.29) is 35.1 Å². The maximum atomic E-state index is 10.6. The van der Waals surface area contributed by atoms with Gasteiger partial charge in [0.25, 0.3) is 0 Å². The van der Waals surface area contributed by atoms with Crippen LogP contribution in [0.2, 0.25) is 0 Å². The van der Waals surface area contributed by atoms with E-state index in [0.29, 0.717) is 0 Å². The Balaban J connectivity index is 0. The largest absolute Gasteiger partial charge is 1.00 e. The molecular formula is C29H35NaO2. The van der Waals surface area contributed by atoms with E-state index in [4.69, 9.17) is 0 Å². The molecule has 0 radical (unpaired) electrons. The van der Waals surface area contributed by atoms with Crippen molar-refractivity contribution >= 4 is 5.97 Å². The van der Waals surface area contributed by atoms with Gasteiger partial charge >= 0.3 is 29.6 Å². The number of carbonyl (C=O) groups excluding carboxylic acids is 1. The molecule has 0 aliphatic heterocycles. The summed E-state index contributed by atoms with van der Waals surface area (Å²) in [5, 5.41) is 10.6. The Morgan fingerprint density at radius 3 is 1.25 bits per heavy atom. The first-order valence-electron chi connectivity index (χ1n) is 10.3. The van der Waals surface area contributed by atoms with E-state index in [1.807, 2.05) is 81.5 Å². The molecule has 0 atom stereocenters. The van der Waals surface area contributed by atoms with Crippen molar-refractivity contribution < 1.29 is 39.5 Å². The van der Waals surface area contributed by atoms with Crippen LogP contribution in [0, 0.1) is 0 Å². The van der Waals surface area contributed by atoms with E-state index in [1.54, 1.807) is 6.08 Å². The van der Waals surface area contributed by atoms with Crippen LogP contribution in [0.1, 0.15) is 41.5 Å². The fourth-order valence-corrected chi connectivity index (χ4v) is 2.07. The van der Waals surface area contributed by atoms with E-state index in [1.165, 1.54) is 24.1 Å². The van der Waals surface area contributed by atoms with Crippen LogP contribution in [0.25, 0.3) is 0 Å². The summed E-state index contributed by atoms with van der Waals surface area (Å²) < 4.78 is 0. The molecule has 2 nitrogen and oxygen atoms in total. The minimum atomic E-state index is -1.15. The van der Waals surface area contributed by atoms with Crippen LogP contribution < -0.4 is 34.7 Å². The summed E-state index contributed by atoms with van der Waals surface area (Å²) in [5.74, 6) is -1.15. The monoisotopic (exact) mass is 438 g/mol. The van der Waals surface area contributed by atoms with Crippen molar-refractivity contribution in [3.05, 3.63) is 131 Å². The van der Waals surface area contributed by atoms with Crippen molar-refractivity contribution in [2.45, 2.75) is 41.5 Å². The van der Waals surface area contributed by atoms with Crippen LogP contribution in [0.5, 0.6) is 0 Å². The maximum absolute atomic E-state index is 10.6. The van der Waals surface area contributed by atoms with E-state index in [9.17, 15) is 9.90 Å². The van der Waals surface area contributed by atoms with Gasteiger partial charge in [-0.2, -0.15) is 0 Å². The second-order valence-corrected chi connectivity index (χ2v) is 7.13. The van der Waals surface area contributed by atoms with Gasteiger partial charge in [-0.05, 0) is 47.1 Å². The summed E-state index contributed by atoms with van der Waals surface area (Å²) in [6.45, 7) is 11.6. The molecule has 0 aromatic rings. The second-order valence-electron chi connectivity index (χ2n) is 7.13. The number of carboxylic acids is 1. The quantitative estimate of drug-likeness (QED) is 0.279. The van der Waals surface area contributed by atoms with Gasteiger partial charge in [0.15, 0.2) is 0 Å². The minimum absolute atomic E-state index is 0. The predicted octanol–water partition coefficient (Wildman–Crippen LogP) is 3.83. The smallest absolute Gasteiger partial charge is 0.545 e. The van der Waals surface area contributed by atoms with Gasteiger partial charge in [0.1, 0.15) is 0 Å². The molecule has 0 amide bonds. The minimum Gasteiger partial charge on any atom is -0.545 e. The SMILES string of the molecule is C\C=C/C=C/C(C)=C/C=C/C=C(C)/C=C/C=C(C)/C=C/C=C(C)/C=C/C=C(\C)C(=O)[O-].[Na+]. The summed E-state index contributed by atoms with van der Waals surface area (Å²) in [6, 6.07) is 0. The standard InChI is InChI=1S/C29H36O2.Na/c1-7-8-9-15-24(2)16-10-11-17-25(3)18-12-19-26(4)20-13-21-27(5)22-14-23-28(6)29(30)31;/h7-23H,1-6H3,(H,30,31);/q;+1/p-1/b8-7-,11-10+,15-9+,18-12+,20-13+,22-14+,24-16+,25-17+,26-19+,27-21+,28-23+;. The van der Waals surface area contributed by atoms with Gasteiger partial charge in [0.05, 0.1) is 5.97 Å². The molecule has 0 saturated heterocycles. The molecule has 0 N–H and O–H groups in total. The number of hydrogen-bond donors (Lipinski definition) is 0. The molecular weight excluding hydrogens is 403 g/mol. The summed E-state index contributed by atoms with van der Waals surface area (Å²) in [6.07, 6.45) is 33.5. The van der Waals surface area contributed by atoms with Crippen LogP contribution in [-0.2, 0) is 4.79 Å². The predicted molar refractivity (Wildman–Crippen MR) is 134 cm³/mol. The van der Waals surface area contributed by atoms with Gasteiger partial charge in [-0.15, -0.1) is 0 Å². The van der Waals surface area contributed by atoms with Gasteiger partial charge in [0.2, 0.25) is 0 Å². The number of aliphatic carboxylic acids is 1. The van der Waals surface area contributed by atoms with Crippen molar-refractivity contribution in [1.82, 2.24) is 0 Å². The molecule has 0 rings (SSSR count). The molecule has 0 heterocycles. The fourth-order valence-electron chi connectivity index (χ4n) is 2.07. The molecule has 0 aliphatic carbocycles. The third-order valence-corrected chi connectivity index (χ3v) is 3.96. The summed E-state index contributed by atoms with van der Waals surface area (Å²) in [5.41, 5.74) is 4.72. The zero-order chi connectivity index (χ0) is 23.5. The molecule has 0 unspecified atom stereocenters. The van der Waals surface area contributed by atoms with Gasteiger partial charge < -0.3 is 9.90 Å². The normalized spacial score (nSPS) is 15.4. The zero-order valence-corrected chi connectivity index (χ0v) is 22.6. The van der Waals surface area contributed by atoms with Crippen LogP contribution in [0.4, 0.5) is 0 Å². The third kappa shape index (κ3) is 19.6. The number of hydrogen-bond acceptors (Lipinski definition) is 2. The summed E-state index contributed by atoms with van der Waals surface area (Å²) >= 11 is 0. The average Bonchev–Trinajstić information content (AvgIpc) is 2.71. The average molecular weight is 439 g/mol. The third-order valence-electron chi connectivity index (χ3n) is 3.96. The van der Waals surface area contributed by atoms with Crippen molar-refractivity contribution in [3.8, 4) is 0 Å². The van der Waals surface area contributed by atoms with Crippen molar-refractivity contribution in [2.24, 2.45) is 0 Å². The number of carboxylic acid groups (broad SMARTS) is 1. The maximum Gasteiger partial charge on any atom is 1.00 e. The van der Waals surface area contributed by atoms with E-state index < -0.39 is 5.97 Å². The number of rotatable bonds is 11. The van der Waals surface area contributed by atoms with Gasteiger partial charge in [-0.25, -0.2) is 0 Å². The Hall–Kier alpha value is -2.39. The van der Waals surface area contributed by atoms with Crippen molar-refractivity contribution in [3.63, 3.8) is 0 Å². The first kappa shape index (κ1) is 31.8. The van der Waals surface area contributed by atoms with Crippen molar-refractivity contribution in [2.75, 3.05) is 0 Å². The van der Waals surface area contributed by atoms with Crippen LogP contribution in [0.15, 0.2) is 131 Å². The van der Waals surface area contributed by atoms with Gasteiger partial charge in [-0.3, -0.25) is 0 Å². The van der Waals surface area contributed by atoms with E-state index in [2.05, 4.69) is 44.2 Å². The fraction of sp³-hybridized carbons (Fsp3) is 0.207. The first-order chi connectivity index (χ1) is 14.8. The Morgan fingerprint density at radius 1 is 0.531 bits per heavy atom. The Kier molecular flexibility index (Phi) is 20.4. The molecule has 164 valence electrons.